The number of anilines is 1. The van der Waals surface area contributed by atoms with Crippen LogP contribution in [0.25, 0.3) is 11.1 Å². The first-order chi connectivity index (χ1) is 12.2. The van der Waals surface area contributed by atoms with Crippen LogP contribution in [-0.4, -0.2) is 42.5 Å². The maximum atomic E-state index is 8.94. The van der Waals surface area contributed by atoms with Crippen LogP contribution >= 0.6 is 11.6 Å². The Kier molecular flexibility index (Phi) is 5.57. The molecule has 3 aromatic heterocycles. The van der Waals surface area contributed by atoms with Gasteiger partial charge in [0, 0.05) is 48.4 Å². The summed E-state index contributed by atoms with van der Waals surface area (Å²) in [5, 5.41) is 17.0. The van der Waals surface area contributed by atoms with Crippen LogP contribution in [0.1, 0.15) is 12.6 Å². The van der Waals surface area contributed by atoms with Crippen LogP contribution in [0.5, 0.6) is 0 Å². The lowest BCUT2D eigenvalue weighted by Gasteiger charge is -2.14. The van der Waals surface area contributed by atoms with Crippen LogP contribution < -0.4 is 5.32 Å². The lowest BCUT2D eigenvalue weighted by molar-refractivity contribution is 0.269. The molecule has 0 aliphatic heterocycles. The predicted octanol–water partition coefficient (Wildman–Crippen LogP) is 2.42. The molecule has 1 atom stereocenters. The van der Waals surface area contributed by atoms with Crippen molar-refractivity contribution in [3.8, 4) is 11.1 Å². The third-order valence-corrected chi connectivity index (χ3v) is 4.00. The average Bonchev–Trinajstić information content (AvgIpc) is 3.07. The first-order valence-electron chi connectivity index (χ1n) is 7.97. The zero-order valence-corrected chi connectivity index (χ0v) is 14.6. The zero-order chi connectivity index (χ0) is 17.6. The molecule has 2 N–H and O–H groups in total. The highest BCUT2D eigenvalue weighted by Gasteiger charge is 2.10. The summed E-state index contributed by atoms with van der Waals surface area (Å²) in [7, 11) is 0. The second kappa shape index (κ2) is 8.04. The number of aliphatic hydroxyl groups excluding tert-OH is 1. The van der Waals surface area contributed by atoms with Crippen LogP contribution in [0, 0.1) is 0 Å². The highest BCUT2D eigenvalue weighted by Crippen LogP contribution is 2.18. The van der Waals surface area contributed by atoms with Gasteiger partial charge in [-0.05, 0) is 19.1 Å². The molecule has 0 fully saturated rings. The van der Waals surface area contributed by atoms with E-state index in [1.807, 2.05) is 25.3 Å². The van der Waals surface area contributed by atoms with E-state index < -0.39 is 0 Å². The van der Waals surface area contributed by atoms with Gasteiger partial charge in [0.2, 0.25) is 5.95 Å². The molecule has 3 heterocycles. The van der Waals surface area contributed by atoms with Crippen LogP contribution in [0.4, 0.5) is 5.95 Å². The number of nitrogens with zero attached hydrogens (tertiary/aromatic N) is 5. The maximum Gasteiger partial charge on any atom is 0.222 e. The standard InChI is InChI=1S/C17H19ClN6O/c1-12(7-16-15(18)3-2-4-19-16)23-17-20-8-13(9-21-17)14-10-22-24(11-14)5-6-25/h2-4,8-12,25H,5-7H2,1H3,(H,20,21,23). The molecule has 0 saturated heterocycles. The number of hydrogen-bond donors (Lipinski definition) is 2. The first-order valence-corrected chi connectivity index (χ1v) is 8.35. The van der Waals surface area contributed by atoms with Gasteiger partial charge in [-0.3, -0.25) is 9.67 Å². The van der Waals surface area contributed by atoms with Crippen molar-refractivity contribution in [2.45, 2.75) is 25.9 Å². The van der Waals surface area contributed by atoms with Crippen molar-refractivity contribution in [1.82, 2.24) is 24.7 Å². The minimum absolute atomic E-state index is 0.0542. The Balaban J connectivity index is 1.63. The van der Waals surface area contributed by atoms with Gasteiger partial charge in [-0.25, -0.2) is 9.97 Å². The molecule has 3 rings (SSSR count). The number of hydrogen-bond acceptors (Lipinski definition) is 6. The van der Waals surface area contributed by atoms with Crippen LogP contribution in [0.3, 0.4) is 0 Å². The van der Waals surface area contributed by atoms with Gasteiger partial charge in [0.15, 0.2) is 0 Å². The Hall–Kier alpha value is -2.51. The van der Waals surface area contributed by atoms with E-state index >= 15 is 0 Å². The van der Waals surface area contributed by atoms with Crippen molar-refractivity contribution in [3.63, 3.8) is 0 Å². The highest BCUT2D eigenvalue weighted by molar-refractivity contribution is 6.31. The Morgan fingerprint density at radius 2 is 2.00 bits per heavy atom. The van der Waals surface area contributed by atoms with Crippen LogP contribution in [-0.2, 0) is 13.0 Å². The van der Waals surface area contributed by atoms with E-state index in [1.165, 1.54) is 0 Å². The van der Waals surface area contributed by atoms with Gasteiger partial charge in [0.05, 0.1) is 30.1 Å². The van der Waals surface area contributed by atoms with Crippen molar-refractivity contribution in [2.75, 3.05) is 11.9 Å². The third kappa shape index (κ3) is 4.52. The second-order valence-corrected chi connectivity index (χ2v) is 6.10. The molecule has 3 aromatic rings. The van der Waals surface area contributed by atoms with Crippen molar-refractivity contribution >= 4 is 17.5 Å². The van der Waals surface area contributed by atoms with E-state index in [4.69, 9.17) is 16.7 Å². The molecule has 1 unspecified atom stereocenters. The third-order valence-electron chi connectivity index (χ3n) is 3.66. The van der Waals surface area contributed by atoms with Gasteiger partial charge in [-0.15, -0.1) is 0 Å². The number of pyridine rings is 1. The molecule has 130 valence electrons. The number of nitrogens with one attached hydrogen (secondary N) is 1. The quantitative estimate of drug-likeness (QED) is 0.674. The van der Waals surface area contributed by atoms with E-state index in [2.05, 4.69) is 25.4 Å². The summed E-state index contributed by atoms with van der Waals surface area (Å²) in [6, 6.07) is 3.73. The fourth-order valence-electron chi connectivity index (χ4n) is 2.42. The lowest BCUT2D eigenvalue weighted by atomic mass is 10.1. The lowest BCUT2D eigenvalue weighted by Crippen LogP contribution is -2.20. The normalized spacial score (nSPS) is 12.1. The Labute approximate surface area is 150 Å². The van der Waals surface area contributed by atoms with Gasteiger partial charge in [0.25, 0.3) is 0 Å². The topological polar surface area (TPSA) is 88.8 Å². The van der Waals surface area contributed by atoms with Gasteiger partial charge in [-0.2, -0.15) is 5.10 Å². The summed E-state index contributed by atoms with van der Waals surface area (Å²) in [4.78, 5) is 13.0. The fraction of sp³-hybridized carbons (Fsp3) is 0.294. The summed E-state index contributed by atoms with van der Waals surface area (Å²) in [5.41, 5.74) is 2.63. The molecule has 0 radical (unpaired) electrons. The van der Waals surface area contributed by atoms with E-state index in [0.29, 0.717) is 23.9 Å². The smallest absolute Gasteiger partial charge is 0.222 e. The molecule has 0 aliphatic carbocycles. The Bertz CT molecular complexity index is 820. The molecule has 0 aliphatic rings. The van der Waals surface area contributed by atoms with E-state index in [1.54, 1.807) is 29.5 Å². The number of aromatic nitrogens is 5. The summed E-state index contributed by atoms with van der Waals surface area (Å²) in [6.45, 7) is 2.55. The van der Waals surface area contributed by atoms with Gasteiger partial charge >= 0.3 is 0 Å². The largest absolute Gasteiger partial charge is 0.394 e. The number of aliphatic hydroxyl groups is 1. The van der Waals surface area contributed by atoms with Crippen molar-refractivity contribution in [1.29, 1.82) is 0 Å². The molecule has 0 saturated carbocycles. The number of rotatable bonds is 7. The fourth-order valence-corrected chi connectivity index (χ4v) is 2.62. The number of halogens is 1. The summed E-state index contributed by atoms with van der Waals surface area (Å²) in [6.07, 6.45) is 9.49. The monoisotopic (exact) mass is 358 g/mol. The van der Waals surface area contributed by atoms with Gasteiger partial charge in [0.1, 0.15) is 0 Å². The first kappa shape index (κ1) is 17.3. The molecule has 0 bridgehead atoms. The molecule has 25 heavy (non-hydrogen) atoms. The van der Waals surface area contributed by atoms with E-state index in [0.717, 1.165) is 16.8 Å². The second-order valence-electron chi connectivity index (χ2n) is 5.69. The molecule has 8 heteroatoms. The maximum absolute atomic E-state index is 8.94. The van der Waals surface area contributed by atoms with Crippen LogP contribution in [0.2, 0.25) is 5.02 Å². The molecular weight excluding hydrogens is 340 g/mol. The zero-order valence-electron chi connectivity index (χ0n) is 13.8. The average molecular weight is 359 g/mol. The Morgan fingerprint density at radius 1 is 1.20 bits per heavy atom. The van der Waals surface area contributed by atoms with E-state index in [-0.39, 0.29) is 12.6 Å². The highest BCUT2D eigenvalue weighted by atomic mass is 35.5. The van der Waals surface area contributed by atoms with Crippen molar-refractivity contribution < 1.29 is 5.11 Å². The SMILES string of the molecule is CC(Cc1ncccc1Cl)Nc1ncc(-c2cnn(CCO)c2)cn1. The summed E-state index contributed by atoms with van der Waals surface area (Å²) >= 11 is 6.14. The predicted molar refractivity (Wildman–Crippen MR) is 96.4 cm³/mol. The summed E-state index contributed by atoms with van der Waals surface area (Å²) < 4.78 is 1.68. The van der Waals surface area contributed by atoms with Gasteiger partial charge in [-0.1, -0.05) is 11.6 Å². The van der Waals surface area contributed by atoms with Crippen molar-refractivity contribution in [2.24, 2.45) is 0 Å². The minimum Gasteiger partial charge on any atom is -0.394 e. The molecular formula is C17H19ClN6O. The minimum atomic E-state index is 0.0542. The van der Waals surface area contributed by atoms with Crippen LogP contribution in [0.15, 0.2) is 43.1 Å². The molecule has 7 nitrogen and oxygen atoms in total. The van der Waals surface area contributed by atoms with Gasteiger partial charge < -0.3 is 10.4 Å². The molecule has 0 spiro atoms. The molecule has 0 aromatic carbocycles. The van der Waals surface area contributed by atoms with E-state index in [9.17, 15) is 0 Å². The summed E-state index contributed by atoms with van der Waals surface area (Å²) in [5.74, 6) is 0.547. The van der Waals surface area contributed by atoms with Crippen molar-refractivity contribution in [3.05, 3.63) is 53.8 Å². The molecule has 0 amide bonds. The Morgan fingerprint density at radius 3 is 2.72 bits per heavy atom.